The topological polar surface area (TPSA) is 61.2 Å². The van der Waals surface area contributed by atoms with Crippen LogP contribution in [0.2, 0.25) is 0 Å². The Morgan fingerprint density at radius 1 is 1.07 bits per heavy atom. The van der Waals surface area contributed by atoms with Gasteiger partial charge in [0.25, 0.3) is 0 Å². The maximum Gasteiger partial charge on any atom is 0.222 e. The first-order chi connectivity index (χ1) is 13.2. The van der Waals surface area contributed by atoms with Crippen molar-refractivity contribution in [2.75, 3.05) is 6.54 Å². The molecule has 3 unspecified atom stereocenters. The van der Waals surface area contributed by atoms with Crippen molar-refractivity contribution >= 4 is 11.7 Å². The van der Waals surface area contributed by atoms with Crippen molar-refractivity contribution in [2.24, 2.45) is 5.92 Å². The number of hydrogen-bond donors (Lipinski definition) is 0. The Morgan fingerprint density at radius 2 is 1.81 bits per heavy atom. The molecule has 3 atom stereocenters. The Labute approximate surface area is 162 Å². The van der Waals surface area contributed by atoms with Crippen LogP contribution in [-0.4, -0.2) is 29.2 Å². The summed E-state index contributed by atoms with van der Waals surface area (Å²) in [6.45, 7) is 0.887. The molecular weight excluding hydrogens is 336 g/mol. The van der Waals surface area contributed by atoms with Crippen LogP contribution in [-0.2, 0) is 9.59 Å². The molecule has 0 bridgehead atoms. The minimum absolute atomic E-state index is 0.0763. The maximum atomic E-state index is 12.7. The number of benzene rings is 1. The highest BCUT2D eigenvalue weighted by Crippen LogP contribution is 2.35. The predicted molar refractivity (Wildman–Crippen MR) is 105 cm³/mol. The monoisotopic (exact) mass is 366 g/mol. The third-order valence-electron chi connectivity index (χ3n) is 6.20. The van der Waals surface area contributed by atoms with Crippen molar-refractivity contribution in [3.63, 3.8) is 0 Å². The molecule has 27 heavy (non-hydrogen) atoms. The molecule has 2 fully saturated rings. The first kappa shape index (κ1) is 19.6. The van der Waals surface area contributed by atoms with Gasteiger partial charge in [0.1, 0.15) is 5.78 Å². The largest absolute Gasteiger partial charge is 0.339 e. The van der Waals surface area contributed by atoms with Crippen LogP contribution in [0.4, 0.5) is 0 Å². The number of amides is 1. The van der Waals surface area contributed by atoms with Crippen LogP contribution in [0, 0.1) is 17.2 Å². The van der Waals surface area contributed by atoms with Gasteiger partial charge in [-0.25, -0.2) is 0 Å². The number of Topliss-reactive ketones (excluding diaryl/α,β-unsaturated/α-hetero) is 1. The molecule has 0 spiro atoms. The summed E-state index contributed by atoms with van der Waals surface area (Å²) in [4.78, 5) is 27.1. The van der Waals surface area contributed by atoms with Gasteiger partial charge in [-0.3, -0.25) is 9.59 Å². The second-order valence-corrected chi connectivity index (χ2v) is 8.03. The molecule has 1 saturated heterocycles. The highest BCUT2D eigenvalue weighted by atomic mass is 16.2. The molecule has 1 aliphatic heterocycles. The standard InChI is InChI=1S/C23H30N2O2/c24-17-20(18-8-2-1-3-9-18)16-21(26)12-6-14-23(27)25-15-7-11-19-10-4-5-13-22(19)25/h1-3,8-9,19-20,22H,4-7,10-16H2. The van der Waals surface area contributed by atoms with Gasteiger partial charge in [-0.05, 0) is 43.6 Å². The summed E-state index contributed by atoms with van der Waals surface area (Å²) in [6, 6.07) is 12.1. The summed E-state index contributed by atoms with van der Waals surface area (Å²) in [5, 5.41) is 9.36. The average molecular weight is 367 g/mol. The lowest BCUT2D eigenvalue weighted by Gasteiger charge is -2.44. The molecule has 4 heteroatoms. The minimum atomic E-state index is -0.389. The van der Waals surface area contributed by atoms with Gasteiger partial charge >= 0.3 is 0 Å². The lowest BCUT2D eigenvalue weighted by Crippen LogP contribution is -2.49. The normalized spacial score (nSPS) is 23.1. The van der Waals surface area contributed by atoms with E-state index < -0.39 is 0 Å². The van der Waals surface area contributed by atoms with Crippen molar-refractivity contribution in [3.05, 3.63) is 35.9 Å². The van der Waals surface area contributed by atoms with Gasteiger partial charge < -0.3 is 4.90 Å². The van der Waals surface area contributed by atoms with E-state index in [1.165, 1.54) is 25.7 Å². The molecule has 1 aromatic rings. The van der Waals surface area contributed by atoms with Crippen LogP contribution in [0.1, 0.15) is 75.7 Å². The summed E-state index contributed by atoms with van der Waals surface area (Å²) in [5.74, 6) is 0.603. The summed E-state index contributed by atoms with van der Waals surface area (Å²) < 4.78 is 0. The van der Waals surface area contributed by atoms with Gasteiger partial charge in [-0.1, -0.05) is 43.2 Å². The summed E-state index contributed by atoms with van der Waals surface area (Å²) in [6.07, 6.45) is 9.02. The summed E-state index contributed by atoms with van der Waals surface area (Å²) in [7, 11) is 0. The molecule has 0 N–H and O–H groups in total. The number of piperidine rings is 1. The second-order valence-electron chi connectivity index (χ2n) is 8.03. The van der Waals surface area contributed by atoms with Gasteiger partial charge in [0.15, 0.2) is 0 Å². The Hall–Kier alpha value is -2.15. The fourth-order valence-electron chi connectivity index (χ4n) is 4.77. The van der Waals surface area contributed by atoms with Crippen molar-refractivity contribution in [1.29, 1.82) is 5.26 Å². The molecular formula is C23H30N2O2. The highest BCUT2D eigenvalue weighted by molar-refractivity contribution is 5.81. The lowest BCUT2D eigenvalue weighted by atomic mass is 9.78. The minimum Gasteiger partial charge on any atom is -0.339 e. The smallest absolute Gasteiger partial charge is 0.222 e. The van der Waals surface area contributed by atoms with E-state index >= 15 is 0 Å². The first-order valence-corrected chi connectivity index (χ1v) is 10.4. The van der Waals surface area contributed by atoms with Gasteiger partial charge in [0.05, 0.1) is 12.0 Å². The molecule has 0 radical (unpaired) electrons. The molecule has 0 aromatic heterocycles. The zero-order valence-corrected chi connectivity index (χ0v) is 16.1. The van der Waals surface area contributed by atoms with E-state index in [1.54, 1.807) is 0 Å². The molecule has 1 aromatic carbocycles. The molecule has 1 saturated carbocycles. The second kappa shape index (κ2) is 9.69. The Kier molecular flexibility index (Phi) is 7.04. The number of ketones is 1. The van der Waals surface area contributed by atoms with Gasteiger partial charge in [-0.15, -0.1) is 0 Å². The Balaban J connectivity index is 1.44. The molecule has 1 aliphatic carbocycles. The number of nitriles is 1. The van der Waals surface area contributed by atoms with Gasteiger partial charge in [0, 0.05) is 31.8 Å². The van der Waals surface area contributed by atoms with Crippen LogP contribution in [0.25, 0.3) is 0 Å². The van der Waals surface area contributed by atoms with E-state index in [0.29, 0.717) is 31.2 Å². The van der Waals surface area contributed by atoms with E-state index in [2.05, 4.69) is 11.0 Å². The van der Waals surface area contributed by atoms with Crippen LogP contribution >= 0.6 is 0 Å². The number of hydrogen-bond acceptors (Lipinski definition) is 3. The summed E-state index contributed by atoms with van der Waals surface area (Å²) in [5.41, 5.74) is 0.890. The zero-order valence-electron chi connectivity index (χ0n) is 16.1. The number of carbonyl (C=O) groups excluding carboxylic acids is 2. The van der Waals surface area contributed by atoms with Crippen LogP contribution in [0.5, 0.6) is 0 Å². The molecule has 144 valence electrons. The van der Waals surface area contributed by atoms with E-state index in [4.69, 9.17) is 0 Å². The molecule has 1 amide bonds. The van der Waals surface area contributed by atoms with E-state index in [9.17, 15) is 14.9 Å². The number of likely N-dealkylation sites (tertiary alicyclic amines) is 1. The lowest BCUT2D eigenvalue weighted by molar-refractivity contribution is -0.137. The highest BCUT2D eigenvalue weighted by Gasteiger charge is 2.35. The van der Waals surface area contributed by atoms with Crippen molar-refractivity contribution in [2.45, 2.75) is 76.2 Å². The van der Waals surface area contributed by atoms with Crippen molar-refractivity contribution in [1.82, 2.24) is 4.90 Å². The molecule has 2 aliphatic rings. The molecule has 1 heterocycles. The SMILES string of the molecule is N#CC(CC(=O)CCCC(=O)N1CCCC2CCCCC21)c1ccccc1. The average Bonchev–Trinajstić information content (AvgIpc) is 2.72. The predicted octanol–water partition coefficient (Wildman–Crippen LogP) is 4.60. The number of carbonyl (C=O) groups is 2. The van der Waals surface area contributed by atoms with Crippen molar-refractivity contribution < 1.29 is 9.59 Å². The zero-order chi connectivity index (χ0) is 19.1. The van der Waals surface area contributed by atoms with E-state index in [-0.39, 0.29) is 24.0 Å². The van der Waals surface area contributed by atoms with Gasteiger partial charge in [0.2, 0.25) is 5.91 Å². The molecule has 3 rings (SSSR count). The fraction of sp³-hybridized carbons (Fsp3) is 0.609. The fourth-order valence-corrected chi connectivity index (χ4v) is 4.77. The van der Waals surface area contributed by atoms with E-state index in [0.717, 1.165) is 24.9 Å². The van der Waals surface area contributed by atoms with Crippen LogP contribution in [0.15, 0.2) is 30.3 Å². The maximum absolute atomic E-state index is 12.7. The Morgan fingerprint density at radius 3 is 2.59 bits per heavy atom. The molecule has 4 nitrogen and oxygen atoms in total. The van der Waals surface area contributed by atoms with Crippen LogP contribution in [0.3, 0.4) is 0 Å². The Bertz CT molecular complexity index is 677. The van der Waals surface area contributed by atoms with Crippen molar-refractivity contribution in [3.8, 4) is 6.07 Å². The number of fused-ring (bicyclic) bond motifs is 1. The van der Waals surface area contributed by atoms with Gasteiger partial charge in [-0.2, -0.15) is 5.26 Å². The number of rotatable bonds is 7. The first-order valence-electron chi connectivity index (χ1n) is 10.4. The third-order valence-corrected chi connectivity index (χ3v) is 6.20. The quantitative estimate of drug-likeness (QED) is 0.708. The summed E-state index contributed by atoms with van der Waals surface area (Å²) >= 11 is 0. The van der Waals surface area contributed by atoms with E-state index in [1.807, 2.05) is 30.3 Å². The third kappa shape index (κ3) is 5.19. The number of nitrogens with zero attached hydrogens (tertiary/aromatic N) is 2. The van der Waals surface area contributed by atoms with Crippen LogP contribution < -0.4 is 0 Å².